The fourth-order valence-corrected chi connectivity index (χ4v) is 6.10. The number of aromatic nitrogens is 4. The predicted octanol–water partition coefficient (Wildman–Crippen LogP) is 3.88. The fraction of sp³-hybridized carbons (Fsp3) is 0.500. The van der Waals surface area contributed by atoms with E-state index in [1.807, 2.05) is 12.1 Å². The summed E-state index contributed by atoms with van der Waals surface area (Å²) < 4.78 is 0. The number of hydrogen-bond donors (Lipinski definition) is 2. The summed E-state index contributed by atoms with van der Waals surface area (Å²) >= 11 is 1.39. The summed E-state index contributed by atoms with van der Waals surface area (Å²) in [6, 6.07) is 10.9. The molecule has 4 heterocycles. The highest BCUT2D eigenvalue weighted by molar-refractivity contribution is 7.19. The molecule has 1 aromatic carbocycles. The Morgan fingerprint density at radius 3 is 2.69 bits per heavy atom. The van der Waals surface area contributed by atoms with Gasteiger partial charge in [0.2, 0.25) is 16.2 Å². The third kappa shape index (κ3) is 6.55. The lowest BCUT2D eigenvalue weighted by molar-refractivity contribution is -0.117. The molecule has 2 aromatic heterocycles. The zero-order chi connectivity index (χ0) is 24.9. The van der Waals surface area contributed by atoms with E-state index < -0.39 is 0 Å². The molecule has 2 aliphatic heterocycles. The first kappa shape index (κ1) is 24.6. The standard InChI is InChI=1S/C26H34N8OS/c1-18-11-19(2)13-21(12-18)16-33-9-4-5-20(15-33)14-24(35)29-26-32-31-25(36-26)28-22-7-10-34(17-22)23-6-3-8-27-30-23/h3,6,8,11-13,20,22H,4-5,7,9-10,14-17H2,1-2H3,(H,28,31)(H,29,32,35)/t20-,22+/m0/s1. The number of anilines is 3. The van der Waals surface area contributed by atoms with Crippen molar-refractivity contribution in [3.05, 3.63) is 53.2 Å². The van der Waals surface area contributed by atoms with Gasteiger partial charge in [0.05, 0.1) is 0 Å². The molecule has 0 bridgehead atoms. The molecule has 0 aliphatic carbocycles. The number of carbonyl (C=O) groups excluding carboxylic acids is 1. The molecule has 2 N–H and O–H groups in total. The number of piperidine rings is 1. The van der Waals surface area contributed by atoms with E-state index in [0.717, 1.165) is 62.9 Å². The van der Waals surface area contributed by atoms with Gasteiger partial charge in [0.15, 0.2) is 5.82 Å². The normalized spacial score (nSPS) is 20.4. The van der Waals surface area contributed by atoms with Crippen molar-refractivity contribution in [3.63, 3.8) is 0 Å². The Hall–Kier alpha value is -3.11. The average Bonchev–Trinajstić information content (AvgIpc) is 3.49. The van der Waals surface area contributed by atoms with E-state index >= 15 is 0 Å². The molecule has 0 saturated carbocycles. The van der Waals surface area contributed by atoms with Crippen molar-refractivity contribution in [2.24, 2.45) is 5.92 Å². The molecule has 2 atom stereocenters. The van der Waals surface area contributed by atoms with Crippen LogP contribution >= 0.6 is 11.3 Å². The van der Waals surface area contributed by atoms with Crippen molar-refractivity contribution in [2.75, 3.05) is 41.7 Å². The Morgan fingerprint density at radius 1 is 1.06 bits per heavy atom. The van der Waals surface area contributed by atoms with E-state index in [0.29, 0.717) is 17.5 Å². The number of rotatable bonds is 8. The second-order valence-electron chi connectivity index (χ2n) is 10.1. The summed E-state index contributed by atoms with van der Waals surface area (Å²) in [5.41, 5.74) is 3.97. The minimum Gasteiger partial charge on any atom is -0.355 e. The molecule has 2 saturated heterocycles. The highest BCUT2D eigenvalue weighted by Crippen LogP contribution is 2.26. The van der Waals surface area contributed by atoms with Gasteiger partial charge in [-0.25, -0.2) is 0 Å². The van der Waals surface area contributed by atoms with Crippen molar-refractivity contribution < 1.29 is 4.79 Å². The molecular weight excluding hydrogens is 472 g/mol. The average molecular weight is 507 g/mol. The van der Waals surface area contributed by atoms with Gasteiger partial charge in [-0.3, -0.25) is 9.69 Å². The van der Waals surface area contributed by atoms with E-state index in [4.69, 9.17) is 0 Å². The van der Waals surface area contributed by atoms with Crippen LogP contribution < -0.4 is 15.5 Å². The highest BCUT2D eigenvalue weighted by atomic mass is 32.1. The van der Waals surface area contributed by atoms with Crippen LogP contribution in [0.4, 0.5) is 16.1 Å². The molecular formula is C26H34N8OS. The number of nitrogens with zero attached hydrogens (tertiary/aromatic N) is 6. The maximum Gasteiger partial charge on any atom is 0.226 e. The molecule has 9 nitrogen and oxygen atoms in total. The molecule has 0 radical (unpaired) electrons. The molecule has 5 rings (SSSR count). The highest BCUT2D eigenvalue weighted by Gasteiger charge is 2.25. The molecule has 0 spiro atoms. The molecule has 190 valence electrons. The van der Waals surface area contributed by atoms with Gasteiger partial charge in [0.25, 0.3) is 0 Å². The van der Waals surface area contributed by atoms with Crippen molar-refractivity contribution in [3.8, 4) is 0 Å². The fourth-order valence-electron chi connectivity index (χ4n) is 5.37. The second kappa shape index (κ2) is 11.3. The van der Waals surface area contributed by atoms with Crippen LogP contribution in [0.2, 0.25) is 0 Å². The van der Waals surface area contributed by atoms with E-state index in [9.17, 15) is 4.79 Å². The van der Waals surface area contributed by atoms with Gasteiger partial charge < -0.3 is 15.5 Å². The van der Waals surface area contributed by atoms with Crippen molar-refractivity contribution in [2.45, 2.75) is 52.1 Å². The SMILES string of the molecule is Cc1cc(C)cc(CN2CCC[C@@H](CC(=O)Nc3nnc(N[C@@H]4CCN(c5cccnn5)C4)s3)C2)c1. The predicted molar refractivity (Wildman–Crippen MR) is 143 cm³/mol. The minimum atomic E-state index is 0.0191. The van der Waals surface area contributed by atoms with Gasteiger partial charge in [-0.05, 0) is 63.3 Å². The van der Waals surface area contributed by atoms with Gasteiger partial charge in [-0.1, -0.05) is 40.7 Å². The van der Waals surface area contributed by atoms with Crippen LogP contribution in [0.25, 0.3) is 0 Å². The smallest absolute Gasteiger partial charge is 0.226 e. The first-order chi connectivity index (χ1) is 17.5. The number of nitrogens with one attached hydrogen (secondary N) is 2. The van der Waals surface area contributed by atoms with Gasteiger partial charge in [-0.15, -0.1) is 15.3 Å². The lowest BCUT2D eigenvalue weighted by atomic mass is 9.94. The molecule has 3 aromatic rings. The van der Waals surface area contributed by atoms with E-state index in [-0.39, 0.29) is 11.9 Å². The van der Waals surface area contributed by atoms with E-state index in [1.165, 1.54) is 28.0 Å². The lowest BCUT2D eigenvalue weighted by Gasteiger charge is -2.32. The number of aryl methyl sites for hydroxylation is 2. The summed E-state index contributed by atoms with van der Waals surface area (Å²) in [5.74, 6) is 1.27. The zero-order valence-corrected chi connectivity index (χ0v) is 21.8. The first-order valence-electron chi connectivity index (χ1n) is 12.7. The third-order valence-electron chi connectivity index (χ3n) is 6.83. The summed E-state index contributed by atoms with van der Waals surface area (Å²) in [4.78, 5) is 17.4. The summed E-state index contributed by atoms with van der Waals surface area (Å²) in [7, 11) is 0. The van der Waals surface area contributed by atoms with Crippen LogP contribution in [0.3, 0.4) is 0 Å². The third-order valence-corrected chi connectivity index (χ3v) is 7.60. The topological polar surface area (TPSA) is 99.2 Å². The van der Waals surface area contributed by atoms with Crippen LogP contribution in [0.5, 0.6) is 0 Å². The number of benzene rings is 1. The Balaban J connectivity index is 1.08. The van der Waals surface area contributed by atoms with Crippen LogP contribution in [0, 0.1) is 19.8 Å². The van der Waals surface area contributed by atoms with E-state index in [1.54, 1.807) is 6.20 Å². The van der Waals surface area contributed by atoms with Crippen LogP contribution in [-0.2, 0) is 11.3 Å². The zero-order valence-electron chi connectivity index (χ0n) is 21.0. The van der Waals surface area contributed by atoms with Gasteiger partial charge >= 0.3 is 0 Å². The first-order valence-corrected chi connectivity index (χ1v) is 13.5. The molecule has 0 unspecified atom stereocenters. The number of carbonyl (C=O) groups is 1. The van der Waals surface area contributed by atoms with Gasteiger partial charge in [0.1, 0.15) is 0 Å². The minimum absolute atomic E-state index is 0.0191. The Morgan fingerprint density at radius 2 is 1.89 bits per heavy atom. The van der Waals surface area contributed by atoms with Crippen molar-refractivity contribution >= 4 is 33.3 Å². The maximum absolute atomic E-state index is 12.8. The monoisotopic (exact) mass is 506 g/mol. The van der Waals surface area contributed by atoms with Gasteiger partial charge in [0, 0.05) is 44.8 Å². The largest absolute Gasteiger partial charge is 0.355 e. The summed E-state index contributed by atoms with van der Waals surface area (Å²) in [6.45, 7) is 9.04. The van der Waals surface area contributed by atoms with Crippen LogP contribution in [-0.4, -0.2) is 63.4 Å². The molecule has 36 heavy (non-hydrogen) atoms. The van der Waals surface area contributed by atoms with Crippen LogP contribution in [0.1, 0.15) is 42.4 Å². The molecule has 10 heteroatoms. The quantitative estimate of drug-likeness (QED) is 0.475. The molecule has 1 amide bonds. The van der Waals surface area contributed by atoms with Crippen molar-refractivity contribution in [1.82, 2.24) is 25.3 Å². The second-order valence-corrected chi connectivity index (χ2v) is 11.0. The van der Waals surface area contributed by atoms with Crippen LogP contribution in [0.15, 0.2) is 36.5 Å². The van der Waals surface area contributed by atoms with Gasteiger partial charge in [-0.2, -0.15) is 5.10 Å². The molecule has 2 fully saturated rings. The Labute approximate surface area is 216 Å². The molecule has 2 aliphatic rings. The number of amides is 1. The van der Waals surface area contributed by atoms with Crippen molar-refractivity contribution in [1.29, 1.82) is 0 Å². The lowest BCUT2D eigenvalue weighted by Crippen LogP contribution is -2.36. The Bertz CT molecular complexity index is 1150. The number of hydrogen-bond acceptors (Lipinski definition) is 9. The maximum atomic E-state index is 12.8. The summed E-state index contributed by atoms with van der Waals surface area (Å²) in [5, 5.41) is 24.3. The summed E-state index contributed by atoms with van der Waals surface area (Å²) in [6.07, 6.45) is 5.40. The number of likely N-dealkylation sites (tertiary alicyclic amines) is 1. The van der Waals surface area contributed by atoms with E-state index in [2.05, 4.69) is 72.9 Å². The Kier molecular flexibility index (Phi) is 7.72.